The summed E-state index contributed by atoms with van der Waals surface area (Å²) in [6.07, 6.45) is 0.981. The number of methoxy groups -OCH3 is 2. The summed E-state index contributed by atoms with van der Waals surface area (Å²) in [5.74, 6) is 1.56. The number of aromatic nitrogens is 1. The molecule has 0 aliphatic heterocycles. The molecule has 3 aromatic rings. The standard InChI is InChI=1S/C19H19NO3/c1-12-10-13(4-7-18(12)23-3)19(21)16-8-9-20-17-11-14(22-2)5-6-15(16)17/h4-11,19,21H,1-3H3. The van der Waals surface area contributed by atoms with Gasteiger partial charge in [0.25, 0.3) is 0 Å². The minimum Gasteiger partial charge on any atom is -0.497 e. The molecule has 4 nitrogen and oxygen atoms in total. The first-order valence-electron chi connectivity index (χ1n) is 7.39. The molecular weight excluding hydrogens is 290 g/mol. The van der Waals surface area contributed by atoms with Crippen LogP contribution in [0, 0.1) is 6.92 Å². The second-order valence-corrected chi connectivity index (χ2v) is 5.41. The van der Waals surface area contributed by atoms with Gasteiger partial charge >= 0.3 is 0 Å². The monoisotopic (exact) mass is 309 g/mol. The number of aliphatic hydroxyl groups is 1. The average molecular weight is 309 g/mol. The van der Waals surface area contributed by atoms with E-state index in [1.807, 2.05) is 49.4 Å². The molecule has 3 rings (SSSR count). The van der Waals surface area contributed by atoms with Crippen LogP contribution in [0.5, 0.6) is 11.5 Å². The van der Waals surface area contributed by atoms with Crippen LogP contribution in [0.3, 0.4) is 0 Å². The van der Waals surface area contributed by atoms with Crippen LogP contribution in [0.4, 0.5) is 0 Å². The fraction of sp³-hybridized carbons (Fsp3) is 0.211. The molecule has 1 heterocycles. The predicted molar refractivity (Wildman–Crippen MR) is 90.1 cm³/mol. The van der Waals surface area contributed by atoms with Gasteiger partial charge in [0, 0.05) is 17.6 Å². The van der Waals surface area contributed by atoms with Crippen LogP contribution in [0.2, 0.25) is 0 Å². The number of rotatable bonds is 4. The summed E-state index contributed by atoms with van der Waals surface area (Å²) in [4.78, 5) is 4.36. The molecule has 0 bridgehead atoms. The summed E-state index contributed by atoms with van der Waals surface area (Å²) in [5, 5.41) is 11.7. The number of pyridine rings is 1. The smallest absolute Gasteiger partial charge is 0.121 e. The van der Waals surface area contributed by atoms with Crippen molar-refractivity contribution in [3.63, 3.8) is 0 Å². The fourth-order valence-electron chi connectivity index (χ4n) is 2.77. The molecule has 23 heavy (non-hydrogen) atoms. The van der Waals surface area contributed by atoms with E-state index >= 15 is 0 Å². The lowest BCUT2D eigenvalue weighted by atomic mass is 9.97. The van der Waals surface area contributed by atoms with E-state index in [9.17, 15) is 5.11 Å². The molecule has 0 spiro atoms. The molecule has 118 valence electrons. The first-order valence-corrected chi connectivity index (χ1v) is 7.39. The molecule has 1 aromatic heterocycles. The van der Waals surface area contributed by atoms with Gasteiger partial charge in [-0.15, -0.1) is 0 Å². The largest absolute Gasteiger partial charge is 0.497 e. The SMILES string of the molecule is COc1ccc2c(C(O)c3ccc(OC)c(C)c3)ccnc2c1. The number of nitrogens with zero attached hydrogens (tertiary/aromatic N) is 1. The van der Waals surface area contributed by atoms with Crippen molar-refractivity contribution < 1.29 is 14.6 Å². The Hall–Kier alpha value is -2.59. The summed E-state index contributed by atoms with van der Waals surface area (Å²) < 4.78 is 10.5. The van der Waals surface area contributed by atoms with Gasteiger partial charge in [-0.3, -0.25) is 4.98 Å². The van der Waals surface area contributed by atoms with Gasteiger partial charge in [0.15, 0.2) is 0 Å². The summed E-state index contributed by atoms with van der Waals surface area (Å²) in [6.45, 7) is 1.96. The first kappa shape index (κ1) is 15.3. The Kier molecular flexibility index (Phi) is 4.17. The maximum atomic E-state index is 10.8. The lowest BCUT2D eigenvalue weighted by Gasteiger charge is -2.16. The van der Waals surface area contributed by atoms with Gasteiger partial charge in [-0.1, -0.05) is 6.07 Å². The highest BCUT2D eigenvalue weighted by Crippen LogP contribution is 2.31. The van der Waals surface area contributed by atoms with Crippen LogP contribution in [-0.4, -0.2) is 24.3 Å². The van der Waals surface area contributed by atoms with E-state index in [1.54, 1.807) is 20.4 Å². The second-order valence-electron chi connectivity index (χ2n) is 5.41. The number of benzene rings is 2. The third-order valence-electron chi connectivity index (χ3n) is 4.01. The van der Waals surface area contributed by atoms with Crippen LogP contribution >= 0.6 is 0 Å². The minimum atomic E-state index is -0.724. The van der Waals surface area contributed by atoms with Gasteiger partial charge in [-0.2, -0.15) is 0 Å². The zero-order chi connectivity index (χ0) is 16.4. The van der Waals surface area contributed by atoms with Crippen LogP contribution in [0.25, 0.3) is 10.9 Å². The van der Waals surface area contributed by atoms with Crippen LogP contribution in [0.15, 0.2) is 48.7 Å². The van der Waals surface area contributed by atoms with Gasteiger partial charge in [0.05, 0.1) is 19.7 Å². The van der Waals surface area contributed by atoms with E-state index in [-0.39, 0.29) is 0 Å². The summed E-state index contributed by atoms with van der Waals surface area (Å²) >= 11 is 0. The van der Waals surface area contributed by atoms with Crippen molar-refractivity contribution in [2.75, 3.05) is 14.2 Å². The molecule has 1 unspecified atom stereocenters. The fourth-order valence-corrected chi connectivity index (χ4v) is 2.77. The first-order chi connectivity index (χ1) is 11.1. The van der Waals surface area contributed by atoms with Crippen LogP contribution in [0.1, 0.15) is 22.8 Å². The van der Waals surface area contributed by atoms with Gasteiger partial charge < -0.3 is 14.6 Å². The van der Waals surface area contributed by atoms with Gasteiger partial charge in [-0.05, 0) is 53.9 Å². The van der Waals surface area contributed by atoms with Crippen molar-refractivity contribution in [3.8, 4) is 11.5 Å². The van der Waals surface area contributed by atoms with Gasteiger partial charge in [0.2, 0.25) is 0 Å². The van der Waals surface area contributed by atoms with E-state index in [4.69, 9.17) is 9.47 Å². The molecule has 1 N–H and O–H groups in total. The van der Waals surface area contributed by atoms with Crippen molar-refractivity contribution in [2.45, 2.75) is 13.0 Å². The highest BCUT2D eigenvalue weighted by molar-refractivity contribution is 5.84. The van der Waals surface area contributed by atoms with E-state index in [2.05, 4.69) is 4.98 Å². The predicted octanol–water partition coefficient (Wildman–Crippen LogP) is 3.64. The molecule has 0 fully saturated rings. The lowest BCUT2D eigenvalue weighted by molar-refractivity contribution is 0.221. The molecule has 0 aliphatic rings. The number of aliphatic hydroxyl groups excluding tert-OH is 1. The number of aryl methyl sites for hydroxylation is 1. The third kappa shape index (κ3) is 2.85. The van der Waals surface area contributed by atoms with Crippen molar-refractivity contribution in [1.29, 1.82) is 0 Å². The van der Waals surface area contributed by atoms with Crippen molar-refractivity contribution in [1.82, 2.24) is 4.98 Å². The number of ether oxygens (including phenoxy) is 2. The molecule has 0 amide bonds. The highest BCUT2D eigenvalue weighted by atomic mass is 16.5. The molecule has 0 radical (unpaired) electrons. The van der Waals surface area contributed by atoms with Crippen LogP contribution < -0.4 is 9.47 Å². The third-order valence-corrected chi connectivity index (χ3v) is 4.01. The Bertz CT molecular complexity index is 845. The molecular formula is C19H19NO3. The Labute approximate surface area is 135 Å². The maximum Gasteiger partial charge on any atom is 0.121 e. The van der Waals surface area contributed by atoms with Crippen molar-refractivity contribution in [2.24, 2.45) is 0 Å². The topological polar surface area (TPSA) is 51.6 Å². The quantitative estimate of drug-likeness (QED) is 0.799. The summed E-state index contributed by atoms with van der Waals surface area (Å²) in [7, 11) is 3.27. The average Bonchev–Trinajstić information content (AvgIpc) is 2.60. The molecule has 4 heteroatoms. The maximum absolute atomic E-state index is 10.8. The Morgan fingerprint density at radius 3 is 2.52 bits per heavy atom. The van der Waals surface area contributed by atoms with Gasteiger partial charge in [-0.25, -0.2) is 0 Å². The Morgan fingerprint density at radius 2 is 1.83 bits per heavy atom. The van der Waals surface area contributed by atoms with E-state index < -0.39 is 6.10 Å². The van der Waals surface area contributed by atoms with E-state index in [0.29, 0.717) is 0 Å². The number of hydrogen-bond donors (Lipinski definition) is 1. The highest BCUT2D eigenvalue weighted by Gasteiger charge is 2.15. The normalized spacial score (nSPS) is 12.2. The van der Waals surface area contributed by atoms with Crippen LogP contribution in [-0.2, 0) is 0 Å². The van der Waals surface area contributed by atoms with E-state index in [1.165, 1.54) is 0 Å². The summed E-state index contributed by atoms with van der Waals surface area (Å²) in [6, 6.07) is 13.2. The Balaban J connectivity index is 2.07. The molecule has 0 saturated carbocycles. The molecule has 0 aliphatic carbocycles. The van der Waals surface area contributed by atoms with Crippen molar-refractivity contribution >= 4 is 10.9 Å². The number of hydrogen-bond acceptors (Lipinski definition) is 4. The molecule has 1 atom stereocenters. The minimum absolute atomic E-state index is 0.724. The number of fused-ring (bicyclic) bond motifs is 1. The zero-order valence-electron chi connectivity index (χ0n) is 13.4. The molecule has 0 saturated heterocycles. The van der Waals surface area contributed by atoms with E-state index in [0.717, 1.165) is 39.1 Å². The lowest BCUT2D eigenvalue weighted by Crippen LogP contribution is -2.02. The summed E-state index contributed by atoms with van der Waals surface area (Å²) in [5.41, 5.74) is 3.43. The zero-order valence-corrected chi connectivity index (χ0v) is 13.4. The molecule has 2 aromatic carbocycles. The Morgan fingerprint density at radius 1 is 1.00 bits per heavy atom. The second kappa shape index (κ2) is 6.26. The van der Waals surface area contributed by atoms with Gasteiger partial charge in [0.1, 0.15) is 17.6 Å². The van der Waals surface area contributed by atoms with Crippen molar-refractivity contribution in [3.05, 3.63) is 65.4 Å².